The minimum atomic E-state index is -3.20. The highest BCUT2D eigenvalue weighted by molar-refractivity contribution is 7.90. The molecule has 0 bridgehead atoms. The van der Waals surface area contributed by atoms with Gasteiger partial charge in [0.2, 0.25) is 0 Å². The fourth-order valence-corrected chi connectivity index (χ4v) is 1.78. The largest absolute Gasteiger partial charge is 0.350 e. The Morgan fingerprint density at radius 2 is 1.82 bits per heavy atom. The summed E-state index contributed by atoms with van der Waals surface area (Å²) in [5.41, 5.74) is 8.19. The van der Waals surface area contributed by atoms with Gasteiger partial charge in [-0.25, -0.2) is 18.6 Å². The van der Waals surface area contributed by atoms with Gasteiger partial charge in [-0.1, -0.05) is 12.1 Å². The van der Waals surface area contributed by atoms with Crippen LogP contribution in [0.1, 0.15) is 12.5 Å². The molecule has 0 aliphatic heterocycles. The zero-order chi connectivity index (χ0) is 13.1. The average Bonchev–Trinajstić information content (AvgIpc) is 2.25. The highest BCUT2D eigenvalue weighted by Gasteiger charge is 2.06. The summed E-state index contributed by atoms with van der Waals surface area (Å²) in [5.74, 6) is 0. The molecule has 0 saturated carbocycles. The van der Waals surface area contributed by atoms with Crippen molar-refractivity contribution in [3.05, 3.63) is 29.8 Å². The topological polar surface area (TPSA) is 102 Å². The van der Waals surface area contributed by atoms with E-state index in [1.54, 1.807) is 19.1 Å². The number of carbonyl (C=O) groups is 1. The number of hydrogen-bond donors (Lipinski definition) is 2. The highest BCUT2D eigenvalue weighted by atomic mass is 32.2. The molecule has 6 nitrogen and oxygen atoms in total. The molecule has 0 aromatic heterocycles. The molecule has 7 heteroatoms. The van der Waals surface area contributed by atoms with E-state index in [1.165, 1.54) is 12.1 Å². The lowest BCUT2D eigenvalue weighted by Gasteiger charge is -2.02. The molecule has 3 N–H and O–H groups in total. The fourth-order valence-electron chi connectivity index (χ4n) is 1.15. The Bertz CT molecular complexity index is 547. The zero-order valence-electron chi connectivity index (χ0n) is 9.47. The lowest BCUT2D eigenvalue weighted by molar-refractivity contribution is 0.249. The van der Waals surface area contributed by atoms with E-state index in [0.717, 1.165) is 6.26 Å². The lowest BCUT2D eigenvalue weighted by Crippen LogP contribution is -2.25. The minimum absolute atomic E-state index is 0.233. The third-order valence-corrected chi connectivity index (χ3v) is 3.16. The minimum Gasteiger partial charge on any atom is -0.350 e. The molecular weight excluding hydrogens is 242 g/mol. The molecule has 1 rings (SSSR count). The second kappa shape index (κ2) is 4.96. The Morgan fingerprint density at radius 1 is 1.29 bits per heavy atom. The van der Waals surface area contributed by atoms with Crippen LogP contribution >= 0.6 is 0 Å². The third kappa shape index (κ3) is 3.87. The Balaban J connectivity index is 2.95. The lowest BCUT2D eigenvalue weighted by atomic mass is 10.1. The number of nitrogens with one attached hydrogen (secondary N) is 1. The summed E-state index contributed by atoms with van der Waals surface area (Å²) < 4.78 is 22.5. The number of nitrogens with two attached hydrogens (primary N) is 1. The van der Waals surface area contributed by atoms with Crippen LogP contribution in [-0.2, 0) is 9.84 Å². The van der Waals surface area contributed by atoms with Crippen LogP contribution in [0.2, 0.25) is 0 Å². The maximum absolute atomic E-state index is 11.2. The van der Waals surface area contributed by atoms with Gasteiger partial charge >= 0.3 is 6.03 Å². The van der Waals surface area contributed by atoms with Crippen molar-refractivity contribution in [2.75, 3.05) is 6.26 Å². The second-order valence-corrected chi connectivity index (χ2v) is 5.49. The molecule has 2 amide bonds. The van der Waals surface area contributed by atoms with Crippen LogP contribution in [-0.4, -0.2) is 26.4 Å². The van der Waals surface area contributed by atoms with Crippen molar-refractivity contribution in [3.8, 4) is 0 Å². The Morgan fingerprint density at radius 3 is 2.24 bits per heavy atom. The number of urea groups is 1. The molecule has 0 spiro atoms. The average molecular weight is 255 g/mol. The van der Waals surface area contributed by atoms with Crippen molar-refractivity contribution in [2.45, 2.75) is 11.8 Å². The Kier molecular flexibility index (Phi) is 3.84. The van der Waals surface area contributed by atoms with Crippen LogP contribution in [0.3, 0.4) is 0 Å². The first-order valence-corrected chi connectivity index (χ1v) is 6.60. The van der Waals surface area contributed by atoms with E-state index in [9.17, 15) is 13.2 Å². The summed E-state index contributed by atoms with van der Waals surface area (Å²) in [6, 6.07) is 5.43. The summed E-state index contributed by atoms with van der Waals surface area (Å²) in [4.78, 5) is 10.7. The van der Waals surface area contributed by atoms with Crippen molar-refractivity contribution >= 4 is 21.6 Å². The van der Waals surface area contributed by atoms with Crippen molar-refractivity contribution in [2.24, 2.45) is 10.8 Å². The van der Waals surface area contributed by atoms with Crippen molar-refractivity contribution in [1.29, 1.82) is 0 Å². The van der Waals surface area contributed by atoms with Crippen LogP contribution in [0, 0.1) is 0 Å². The summed E-state index contributed by atoms with van der Waals surface area (Å²) in [7, 11) is -3.20. The number of amides is 2. The summed E-state index contributed by atoms with van der Waals surface area (Å²) >= 11 is 0. The van der Waals surface area contributed by atoms with Gasteiger partial charge in [-0.05, 0) is 24.6 Å². The van der Waals surface area contributed by atoms with Gasteiger partial charge in [0, 0.05) is 6.26 Å². The first-order chi connectivity index (χ1) is 7.80. The molecule has 1 aromatic rings. The molecule has 0 aliphatic rings. The molecule has 0 atom stereocenters. The third-order valence-electron chi connectivity index (χ3n) is 2.03. The van der Waals surface area contributed by atoms with Crippen LogP contribution in [0.25, 0.3) is 0 Å². The number of hydrogen-bond acceptors (Lipinski definition) is 4. The summed E-state index contributed by atoms with van der Waals surface area (Å²) in [6.07, 6.45) is 1.14. The number of nitrogens with zero attached hydrogens (tertiary/aromatic N) is 1. The van der Waals surface area contributed by atoms with E-state index in [1.807, 2.05) is 0 Å². The van der Waals surface area contributed by atoms with E-state index in [0.29, 0.717) is 11.3 Å². The maximum atomic E-state index is 11.2. The summed E-state index contributed by atoms with van der Waals surface area (Å²) in [6.45, 7) is 1.67. The monoisotopic (exact) mass is 255 g/mol. The molecule has 0 fully saturated rings. The molecule has 0 saturated heterocycles. The van der Waals surface area contributed by atoms with E-state index in [4.69, 9.17) is 5.73 Å². The van der Waals surface area contributed by atoms with Crippen LogP contribution in [0.5, 0.6) is 0 Å². The first-order valence-electron chi connectivity index (χ1n) is 4.71. The van der Waals surface area contributed by atoms with Gasteiger partial charge in [0.05, 0.1) is 10.6 Å². The normalized spacial score (nSPS) is 12.2. The standard InChI is InChI=1S/C10H13N3O3S/c1-7(12-13-10(11)14)8-3-5-9(6-4-8)17(2,15)16/h3-6H,1-2H3,(H3,11,13,14)/b12-7-. The zero-order valence-corrected chi connectivity index (χ0v) is 10.3. The SMILES string of the molecule is C/C(=N/NC(N)=O)c1ccc(S(C)(=O)=O)cc1. The molecular formula is C10H13N3O3S. The molecule has 17 heavy (non-hydrogen) atoms. The van der Waals surface area contributed by atoms with Gasteiger partial charge in [0.1, 0.15) is 0 Å². The second-order valence-electron chi connectivity index (χ2n) is 3.47. The number of carbonyl (C=O) groups excluding carboxylic acids is 1. The van der Waals surface area contributed by atoms with Crippen LogP contribution in [0.4, 0.5) is 4.79 Å². The Labute approximate surface area is 99.4 Å². The number of primary amides is 1. The Hall–Kier alpha value is -1.89. The van der Waals surface area contributed by atoms with Crippen molar-refractivity contribution in [1.82, 2.24) is 5.43 Å². The maximum Gasteiger partial charge on any atom is 0.332 e. The number of rotatable bonds is 3. The van der Waals surface area contributed by atoms with Crippen LogP contribution < -0.4 is 11.2 Å². The smallest absolute Gasteiger partial charge is 0.332 e. The van der Waals surface area contributed by atoms with Gasteiger partial charge < -0.3 is 5.73 Å². The molecule has 92 valence electrons. The predicted octanol–water partition coefficient (Wildman–Crippen LogP) is 0.482. The molecule has 0 radical (unpaired) electrons. The molecule has 0 unspecified atom stereocenters. The number of benzene rings is 1. The van der Waals surface area contributed by atoms with Crippen molar-refractivity contribution in [3.63, 3.8) is 0 Å². The van der Waals surface area contributed by atoms with Crippen molar-refractivity contribution < 1.29 is 13.2 Å². The number of hydrazone groups is 1. The molecule has 1 aromatic carbocycles. The quantitative estimate of drug-likeness (QED) is 0.606. The van der Waals surface area contributed by atoms with Crippen LogP contribution in [0.15, 0.2) is 34.3 Å². The van der Waals surface area contributed by atoms with Gasteiger partial charge in [-0.2, -0.15) is 5.10 Å². The van der Waals surface area contributed by atoms with Gasteiger partial charge in [-0.15, -0.1) is 0 Å². The first kappa shape index (κ1) is 13.2. The van der Waals surface area contributed by atoms with E-state index in [2.05, 4.69) is 10.5 Å². The fraction of sp³-hybridized carbons (Fsp3) is 0.200. The van der Waals surface area contributed by atoms with E-state index < -0.39 is 15.9 Å². The van der Waals surface area contributed by atoms with E-state index in [-0.39, 0.29) is 4.90 Å². The number of sulfone groups is 1. The van der Waals surface area contributed by atoms with Gasteiger partial charge in [0.15, 0.2) is 9.84 Å². The molecule has 0 heterocycles. The highest BCUT2D eigenvalue weighted by Crippen LogP contribution is 2.10. The predicted molar refractivity (Wildman–Crippen MR) is 64.5 cm³/mol. The summed E-state index contributed by atoms with van der Waals surface area (Å²) in [5, 5.41) is 3.73. The molecule has 0 aliphatic carbocycles. The van der Waals surface area contributed by atoms with Gasteiger partial charge in [-0.3, -0.25) is 0 Å². The van der Waals surface area contributed by atoms with E-state index >= 15 is 0 Å². The van der Waals surface area contributed by atoms with Gasteiger partial charge in [0.25, 0.3) is 0 Å².